The van der Waals surface area contributed by atoms with Crippen molar-refractivity contribution in [3.63, 3.8) is 0 Å². The number of amides is 1. The van der Waals surface area contributed by atoms with E-state index in [1.165, 1.54) is 12.1 Å². The minimum atomic E-state index is -4.76. The number of piperidine rings is 1. The average Bonchev–Trinajstić information content (AvgIpc) is 3.28. The van der Waals surface area contributed by atoms with Crippen LogP contribution in [-0.2, 0) is 4.74 Å². The normalized spacial score (nSPS) is 21.0. The lowest BCUT2D eigenvalue weighted by atomic mass is 9.89. The number of benzene rings is 1. The SMILES string of the molecule is CC1(C)CC[C@@H](c2nc3c(C4CCN(C(=O)c5ccc(OC(F)(F)F)cc5)CC4)ccnc3[nH]2)CO1. The van der Waals surface area contributed by atoms with Crippen LogP contribution >= 0.6 is 0 Å². The lowest BCUT2D eigenvalue weighted by Crippen LogP contribution is -2.38. The van der Waals surface area contributed by atoms with Gasteiger partial charge in [0.25, 0.3) is 5.91 Å². The van der Waals surface area contributed by atoms with Crippen molar-refractivity contribution in [1.29, 1.82) is 0 Å². The third-order valence-corrected chi connectivity index (χ3v) is 7.15. The Morgan fingerprint density at radius 1 is 1.11 bits per heavy atom. The van der Waals surface area contributed by atoms with Crippen LogP contribution in [0.25, 0.3) is 11.2 Å². The number of hydrogen-bond acceptors (Lipinski definition) is 5. The first-order valence-corrected chi connectivity index (χ1v) is 12.2. The summed E-state index contributed by atoms with van der Waals surface area (Å²) in [5.74, 6) is 0.814. The Morgan fingerprint density at radius 2 is 1.83 bits per heavy atom. The molecule has 2 aromatic heterocycles. The van der Waals surface area contributed by atoms with Crippen molar-refractivity contribution in [2.75, 3.05) is 19.7 Å². The largest absolute Gasteiger partial charge is 0.573 e. The summed E-state index contributed by atoms with van der Waals surface area (Å²) in [4.78, 5) is 27.4. The number of aromatic nitrogens is 3. The average molecular weight is 503 g/mol. The molecule has 3 aromatic rings. The van der Waals surface area contributed by atoms with E-state index in [4.69, 9.17) is 9.72 Å². The molecule has 1 atom stereocenters. The van der Waals surface area contributed by atoms with Crippen molar-refractivity contribution in [3.05, 3.63) is 53.5 Å². The van der Waals surface area contributed by atoms with Crippen LogP contribution in [0.2, 0.25) is 0 Å². The fourth-order valence-electron chi connectivity index (χ4n) is 5.06. The van der Waals surface area contributed by atoms with Gasteiger partial charge in [0.2, 0.25) is 0 Å². The summed E-state index contributed by atoms with van der Waals surface area (Å²) in [7, 11) is 0. The molecule has 1 amide bonds. The second kappa shape index (κ2) is 9.38. The van der Waals surface area contributed by atoms with Gasteiger partial charge in [-0.05, 0) is 81.3 Å². The van der Waals surface area contributed by atoms with Crippen molar-refractivity contribution in [1.82, 2.24) is 19.9 Å². The molecular weight excluding hydrogens is 473 g/mol. The van der Waals surface area contributed by atoms with Crippen LogP contribution in [0, 0.1) is 0 Å². The number of rotatable bonds is 4. The summed E-state index contributed by atoms with van der Waals surface area (Å²) in [5, 5.41) is 0. The van der Waals surface area contributed by atoms with Crippen LogP contribution in [0.1, 0.15) is 73.1 Å². The number of imidazole rings is 1. The summed E-state index contributed by atoms with van der Waals surface area (Å²) in [6.07, 6.45) is 0.543. The van der Waals surface area contributed by atoms with Gasteiger partial charge in [0.05, 0.1) is 12.2 Å². The van der Waals surface area contributed by atoms with E-state index >= 15 is 0 Å². The molecule has 5 rings (SSSR count). The number of carbonyl (C=O) groups is 1. The van der Waals surface area contributed by atoms with E-state index in [0.717, 1.165) is 60.4 Å². The van der Waals surface area contributed by atoms with Crippen LogP contribution in [0.15, 0.2) is 36.5 Å². The highest BCUT2D eigenvalue weighted by atomic mass is 19.4. The second-order valence-corrected chi connectivity index (χ2v) is 10.2. The molecule has 36 heavy (non-hydrogen) atoms. The van der Waals surface area contributed by atoms with Crippen molar-refractivity contribution in [2.45, 2.75) is 63.3 Å². The maximum Gasteiger partial charge on any atom is 0.573 e. The van der Waals surface area contributed by atoms with Crippen molar-refractivity contribution < 1.29 is 27.4 Å². The first kappa shape index (κ1) is 24.5. The van der Waals surface area contributed by atoms with Gasteiger partial charge >= 0.3 is 6.36 Å². The van der Waals surface area contributed by atoms with Gasteiger partial charge in [-0.15, -0.1) is 13.2 Å². The van der Waals surface area contributed by atoms with Gasteiger partial charge in [0.1, 0.15) is 17.1 Å². The van der Waals surface area contributed by atoms with E-state index < -0.39 is 6.36 Å². The lowest BCUT2D eigenvalue weighted by Gasteiger charge is -2.33. The van der Waals surface area contributed by atoms with E-state index in [-0.39, 0.29) is 29.1 Å². The minimum absolute atomic E-state index is 0.101. The highest BCUT2D eigenvalue weighted by Crippen LogP contribution is 2.36. The summed E-state index contributed by atoms with van der Waals surface area (Å²) in [5.41, 5.74) is 3.01. The molecule has 2 saturated heterocycles. The molecule has 0 spiro atoms. The van der Waals surface area contributed by atoms with Crippen LogP contribution in [0.4, 0.5) is 13.2 Å². The van der Waals surface area contributed by atoms with Gasteiger partial charge in [0, 0.05) is 30.8 Å². The molecule has 0 radical (unpaired) electrons. The van der Waals surface area contributed by atoms with E-state index in [1.807, 2.05) is 6.07 Å². The molecule has 4 heterocycles. The van der Waals surface area contributed by atoms with Gasteiger partial charge in [0.15, 0.2) is 5.65 Å². The Hall–Kier alpha value is -3.14. The second-order valence-electron chi connectivity index (χ2n) is 10.2. The van der Waals surface area contributed by atoms with Crippen LogP contribution in [0.5, 0.6) is 5.75 Å². The number of halogens is 3. The molecule has 2 fully saturated rings. The third-order valence-electron chi connectivity index (χ3n) is 7.15. The molecule has 10 heteroatoms. The third kappa shape index (κ3) is 5.33. The number of pyridine rings is 1. The quantitative estimate of drug-likeness (QED) is 0.506. The zero-order valence-electron chi connectivity index (χ0n) is 20.3. The Kier molecular flexibility index (Phi) is 6.40. The number of alkyl halides is 3. The number of likely N-dealkylation sites (tertiary alicyclic amines) is 1. The van der Waals surface area contributed by atoms with E-state index in [9.17, 15) is 18.0 Å². The molecule has 192 valence electrons. The minimum Gasteiger partial charge on any atom is -0.406 e. The van der Waals surface area contributed by atoms with Crippen LogP contribution < -0.4 is 4.74 Å². The Labute approximate surface area is 207 Å². The number of H-pyrrole nitrogens is 1. The van der Waals surface area contributed by atoms with E-state index in [2.05, 4.69) is 28.6 Å². The standard InChI is InChI=1S/C26H29F3N4O3/c1-25(2)11-7-18(15-35-25)22-31-21-20(8-12-30-23(21)32-22)16-9-13-33(14-10-16)24(34)17-3-5-19(6-4-17)36-26(27,28)29/h3-6,8,12,16,18H,7,9-11,13-15H2,1-2H3,(H,30,31,32)/t18-/m1/s1. The number of ether oxygens (including phenoxy) is 2. The van der Waals surface area contributed by atoms with Crippen molar-refractivity contribution in [3.8, 4) is 5.75 Å². The molecule has 0 unspecified atom stereocenters. The smallest absolute Gasteiger partial charge is 0.406 e. The zero-order valence-corrected chi connectivity index (χ0v) is 20.3. The molecule has 7 nitrogen and oxygen atoms in total. The molecule has 0 bridgehead atoms. The molecular formula is C26H29F3N4O3. The zero-order chi connectivity index (χ0) is 25.5. The summed E-state index contributed by atoms with van der Waals surface area (Å²) in [6, 6.07) is 7.06. The van der Waals surface area contributed by atoms with E-state index in [0.29, 0.717) is 25.3 Å². The molecule has 1 N–H and O–H groups in total. The number of nitrogens with one attached hydrogen (secondary N) is 1. The fourth-order valence-corrected chi connectivity index (χ4v) is 5.06. The Morgan fingerprint density at radius 3 is 2.47 bits per heavy atom. The monoisotopic (exact) mass is 502 g/mol. The van der Waals surface area contributed by atoms with Gasteiger partial charge < -0.3 is 19.4 Å². The summed E-state index contributed by atoms with van der Waals surface area (Å²) >= 11 is 0. The topological polar surface area (TPSA) is 80.3 Å². The number of hydrogen-bond donors (Lipinski definition) is 1. The van der Waals surface area contributed by atoms with Gasteiger partial charge in [-0.3, -0.25) is 4.79 Å². The first-order chi connectivity index (χ1) is 17.1. The molecule has 0 saturated carbocycles. The first-order valence-electron chi connectivity index (χ1n) is 12.2. The predicted octanol–water partition coefficient (Wildman–Crippen LogP) is 5.55. The van der Waals surface area contributed by atoms with Gasteiger partial charge in [-0.1, -0.05) is 0 Å². The van der Waals surface area contributed by atoms with Crippen LogP contribution in [0.3, 0.4) is 0 Å². The number of carbonyl (C=O) groups excluding carboxylic acids is 1. The van der Waals surface area contributed by atoms with Gasteiger partial charge in [-0.25, -0.2) is 9.97 Å². The molecule has 2 aliphatic rings. The van der Waals surface area contributed by atoms with Crippen molar-refractivity contribution >= 4 is 17.1 Å². The molecule has 1 aromatic carbocycles. The number of fused-ring (bicyclic) bond motifs is 1. The predicted molar refractivity (Wildman–Crippen MR) is 127 cm³/mol. The highest BCUT2D eigenvalue weighted by Gasteiger charge is 2.32. The maximum absolute atomic E-state index is 12.9. The fraction of sp³-hybridized carbons (Fsp3) is 0.500. The van der Waals surface area contributed by atoms with Crippen LogP contribution in [-0.4, -0.2) is 57.4 Å². The molecule has 2 aliphatic heterocycles. The lowest BCUT2D eigenvalue weighted by molar-refractivity contribution is -0.274. The Balaban J connectivity index is 1.24. The maximum atomic E-state index is 12.9. The van der Waals surface area contributed by atoms with Crippen molar-refractivity contribution in [2.24, 2.45) is 0 Å². The summed E-state index contributed by atoms with van der Waals surface area (Å²) < 4.78 is 47.0. The summed E-state index contributed by atoms with van der Waals surface area (Å²) in [6.45, 7) is 5.95. The van der Waals surface area contributed by atoms with Gasteiger partial charge in [-0.2, -0.15) is 0 Å². The Bertz CT molecular complexity index is 1220. The number of nitrogens with zero attached hydrogens (tertiary/aromatic N) is 3. The molecule has 0 aliphatic carbocycles. The highest BCUT2D eigenvalue weighted by molar-refractivity contribution is 5.94. The number of aromatic amines is 1. The van der Waals surface area contributed by atoms with E-state index in [1.54, 1.807) is 11.1 Å².